The molecule has 4 heterocycles. The fourth-order valence-electron chi connectivity index (χ4n) is 3.95. The Hall–Kier alpha value is -4.44. The van der Waals surface area contributed by atoms with E-state index < -0.39 is 47.4 Å². The van der Waals surface area contributed by atoms with Gasteiger partial charge in [-0.15, -0.1) is 23.1 Å². The molecule has 0 aliphatic carbocycles. The largest absolute Gasteiger partial charge is 0.511 e. The number of pyridine rings is 1. The predicted molar refractivity (Wildman–Crippen MR) is 153 cm³/mol. The number of ether oxygens (including phenoxy) is 3. The van der Waals surface area contributed by atoms with E-state index in [0.717, 1.165) is 23.3 Å². The van der Waals surface area contributed by atoms with E-state index in [2.05, 4.69) is 20.4 Å². The molecule has 4 N–H and O–H groups in total. The number of nitrogens with two attached hydrogens (primary N) is 1. The molecule has 3 atom stereocenters. The van der Waals surface area contributed by atoms with E-state index in [-0.39, 0.29) is 28.9 Å². The molecule has 222 valence electrons. The number of nitrogens with zero attached hydrogens (tertiary/aromatic N) is 4. The van der Waals surface area contributed by atoms with Crippen LogP contribution in [0.2, 0.25) is 0 Å². The molecule has 2 aromatic rings. The average Bonchev–Trinajstić information content (AvgIpc) is 3.40. The number of carbonyl (C=O) groups excluding carboxylic acids is 4. The van der Waals surface area contributed by atoms with Crippen molar-refractivity contribution in [3.63, 3.8) is 0 Å². The topological polar surface area (TPSA) is 196 Å². The zero-order valence-corrected chi connectivity index (χ0v) is 24.2. The van der Waals surface area contributed by atoms with Gasteiger partial charge in [-0.25, -0.2) is 14.6 Å². The normalized spacial score (nSPS) is 19.1. The van der Waals surface area contributed by atoms with Crippen molar-refractivity contribution in [2.24, 2.45) is 5.16 Å². The fraction of sp³-hybridized carbons (Fsp3) is 0.346. The maximum Gasteiger partial charge on any atom is 0.511 e. The van der Waals surface area contributed by atoms with Crippen LogP contribution >= 0.6 is 23.1 Å². The zero-order chi connectivity index (χ0) is 30.2. The molecule has 42 heavy (non-hydrogen) atoms. The van der Waals surface area contributed by atoms with Crippen molar-refractivity contribution >= 4 is 64.0 Å². The number of unbranched alkanes of at least 4 members (excludes halogenated alkanes) is 1. The van der Waals surface area contributed by atoms with E-state index in [0.29, 0.717) is 12.0 Å². The summed E-state index contributed by atoms with van der Waals surface area (Å²) in [7, 11) is 0. The highest BCUT2D eigenvalue weighted by Crippen LogP contribution is 2.41. The zero-order valence-electron chi connectivity index (χ0n) is 22.6. The number of anilines is 1. The number of nitrogens with one attached hydrogen (secondary N) is 1. The van der Waals surface area contributed by atoms with Gasteiger partial charge in [-0.2, -0.15) is 0 Å². The van der Waals surface area contributed by atoms with Crippen molar-refractivity contribution in [1.29, 1.82) is 0 Å². The summed E-state index contributed by atoms with van der Waals surface area (Å²) in [6.45, 7) is 3.45. The first-order valence-corrected chi connectivity index (χ1v) is 14.7. The minimum atomic E-state index is -1.31. The molecule has 2 aliphatic heterocycles. The predicted octanol–water partition coefficient (Wildman–Crippen LogP) is 2.51. The molecule has 0 saturated carbocycles. The lowest BCUT2D eigenvalue weighted by Gasteiger charge is -2.49. The summed E-state index contributed by atoms with van der Waals surface area (Å²) in [6, 6.07) is 2.53. The number of amides is 2. The summed E-state index contributed by atoms with van der Waals surface area (Å²) < 4.78 is 15.3. The van der Waals surface area contributed by atoms with Crippen molar-refractivity contribution < 1.29 is 38.6 Å². The number of aromatic nitrogens is 2. The standard InChI is InChI=1S/C26H28N6O8S2/c1-3-4-10-38-26(36)40-14(2)39-24(35)20-16(8-7-15-6-5-9-28-11-15)12-41-23-19(22(34)32(20)23)30-21(33)18(31-37)17-13-42-25(27)29-17/h5-9,11,13-14,19,23,37H,3-4,10,12H2,1-2H3,(H2,27,29)(H,30,33)/b8-7-,31-18?/t14?,19-,23+/m1/s1. The summed E-state index contributed by atoms with van der Waals surface area (Å²) in [5.41, 5.74) is 6.41. The van der Waals surface area contributed by atoms with Crippen molar-refractivity contribution in [2.45, 2.75) is 44.4 Å². The molecular formula is C26H28N6O8S2. The summed E-state index contributed by atoms with van der Waals surface area (Å²) in [4.78, 5) is 60.6. The summed E-state index contributed by atoms with van der Waals surface area (Å²) in [5, 5.41) is 15.9. The third-order valence-electron chi connectivity index (χ3n) is 5.97. The maximum atomic E-state index is 13.4. The summed E-state index contributed by atoms with van der Waals surface area (Å²) in [6.07, 6.45) is 5.83. The van der Waals surface area contributed by atoms with Gasteiger partial charge in [0.15, 0.2) is 10.8 Å². The van der Waals surface area contributed by atoms with Crippen LogP contribution in [0.25, 0.3) is 6.08 Å². The van der Waals surface area contributed by atoms with Crippen LogP contribution in [0, 0.1) is 0 Å². The Bertz CT molecular complexity index is 1430. The molecule has 0 aromatic carbocycles. The van der Waals surface area contributed by atoms with Gasteiger partial charge in [-0.1, -0.05) is 36.7 Å². The van der Waals surface area contributed by atoms with Crippen molar-refractivity contribution in [1.82, 2.24) is 20.2 Å². The number of allylic oxidation sites excluding steroid dienone is 1. The van der Waals surface area contributed by atoms with Gasteiger partial charge in [0, 0.05) is 30.5 Å². The van der Waals surface area contributed by atoms with E-state index in [1.165, 1.54) is 29.0 Å². The molecule has 1 unspecified atom stereocenters. The van der Waals surface area contributed by atoms with Gasteiger partial charge in [0.1, 0.15) is 22.8 Å². The second-order valence-electron chi connectivity index (χ2n) is 8.92. The van der Waals surface area contributed by atoms with Crippen LogP contribution < -0.4 is 11.1 Å². The molecule has 4 rings (SSSR count). The smallest absolute Gasteiger partial charge is 0.434 e. The third kappa shape index (κ3) is 7.06. The third-order valence-corrected chi connectivity index (χ3v) is 7.95. The molecule has 0 spiro atoms. The number of thiazole rings is 1. The second kappa shape index (κ2) is 14.0. The number of rotatable bonds is 11. The van der Waals surface area contributed by atoms with Crippen molar-refractivity contribution in [2.75, 3.05) is 18.1 Å². The minimum absolute atomic E-state index is 0.0478. The van der Waals surface area contributed by atoms with E-state index >= 15 is 0 Å². The second-order valence-corrected chi connectivity index (χ2v) is 10.9. The SMILES string of the molecule is CCCCOC(=O)OC(C)OC(=O)C1=C(/C=C\c2cccnc2)CS[C@H]2[C@H](NC(=O)C(=NO)c3csc(N)n3)C(=O)N12. The molecule has 1 fully saturated rings. The maximum absolute atomic E-state index is 13.4. The molecule has 2 aliphatic rings. The Morgan fingerprint density at radius 2 is 2.14 bits per heavy atom. The van der Waals surface area contributed by atoms with Gasteiger partial charge < -0.3 is 30.5 Å². The van der Waals surface area contributed by atoms with Gasteiger partial charge >= 0.3 is 12.1 Å². The van der Waals surface area contributed by atoms with Gasteiger partial charge in [0.05, 0.1) is 6.61 Å². The lowest BCUT2D eigenvalue weighted by molar-refractivity contribution is -0.169. The molecular weight excluding hydrogens is 588 g/mol. The summed E-state index contributed by atoms with van der Waals surface area (Å²) >= 11 is 2.36. The fourth-order valence-corrected chi connectivity index (χ4v) is 5.82. The molecule has 0 radical (unpaired) electrons. The number of hydrogen-bond donors (Lipinski definition) is 3. The van der Waals surface area contributed by atoms with Crippen LogP contribution in [-0.2, 0) is 28.6 Å². The number of β-lactam (4-membered cyclic amide) rings is 1. The summed E-state index contributed by atoms with van der Waals surface area (Å²) in [5.74, 6) is -2.07. The molecule has 16 heteroatoms. The van der Waals surface area contributed by atoms with Gasteiger partial charge in [-0.3, -0.25) is 19.5 Å². The molecule has 0 bridgehead atoms. The van der Waals surface area contributed by atoms with Crippen molar-refractivity contribution in [3.05, 3.63) is 58.5 Å². The highest BCUT2D eigenvalue weighted by molar-refractivity contribution is 8.00. The molecule has 1 saturated heterocycles. The van der Waals surface area contributed by atoms with Crippen molar-refractivity contribution in [3.8, 4) is 0 Å². The van der Waals surface area contributed by atoms with Gasteiger partial charge in [-0.05, 0) is 23.6 Å². The van der Waals surface area contributed by atoms with Crippen LogP contribution in [-0.4, -0.2) is 79.8 Å². The van der Waals surface area contributed by atoms with Crippen LogP contribution in [0.1, 0.15) is 37.9 Å². The van der Waals surface area contributed by atoms with Gasteiger partial charge in [0.25, 0.3) is 11.8 Å². The highest BCUT2D eigenvalue weighted by atomic mass is 32.2. The number of hydrogen-bond acceptors (Lipinski definition) is 14. The average molecular weight is 617 g/mol. The highest BCUT2D eigenvalue weighted by Gasteiger charge is 2.54. The Morgan fingerprint density at radius 3 is 2.81 bits per heavy atom. The Kier molecular flexibility index (Phi) is 10.1. The Balaban J connectivity index is 1.52. The first-order chi connectivity index (χ1) is 20.2. The van der Waals surface area contributed by atoms with E-state index in [1.807, 2.05) is 13.0 Å². The lowest BCUT2D eigenvalue weighted by atomic mass is 10.0. The van der Waals surface area contributed by atoms with E-state index in [4.69, 9.17) is 19.9 Å². The first-order valence-electron chi connectivity index (χ1n) is 12.8. The van der Waals surface area contributed by atoms with E-state index in [1.54, 1.807) is 30.6 Å². The first kappa shape index (κ1) is 30.5. The quantitative estimate of drug-likeness (QED) is 0.0636. The van der Waals surface area contributed by atoms with E-state index in [9.17, 15) is 24.4 Å². The van der Waals surface area contributed by atoms with Crippen LogP contribution in [0.4, 0.5) is 9.93 Å². The molecule has 2 aromatic heterocycles. The minimum Gasteiger partial charge on any atom is -0.434 e. The number of carbonyl (C=O) groups is 4. The Morgan fingerprint density at radius 1 is 1.33 bits per heavy atom. The number of oxime groups is 1. The monoisotopic (exact) mass is 616 g/mol. The molecule has 2 amide bonds. The lowest BCUT2D eigenvalue weighted by Crippen LogP contribution is -2.71. The number of esters is 1. The molecule has 14 nitrogen and oxygen atoms in total. The van der Waals surface area contributed by atoms with Crippen LogP contribution in [0.3, 0.4) is 0 Å². The number of nitrogen functional groups attached to an aromatic ring is 1. The number of fused-ring (bicyclic) bond motifs is 1. The van der Waals surface area contributed by atoms with Gasteiger partial charge in [0.2, 0.25) is 6.29 Å². The number of thioether (sulfide) groups is 1. The van der Waals surface area contributed by atoms with Crippen LogP contribution in [0.5, 0.6) is 0 Å². The Labute approximate surface area is 248 Å². The van der Waals surface area contributed by atoms with Crippen LogP contribution in [0.15, 0.2) is 52.4 Å².